The van der Waals surface area contributed by atoms with Crippen LogP contribution in [-0.2, 0) is 4.79 Å². The fourth-order valence-electron chi connectivity index (χ4n) is 0.637. The highest BCUT2D eigenvalue weighted by Gasteiger charge is 2.27. The van der Waals surface area contributed by atoms with Gasteiger partial charge in [-0.25, -0.2) is 0 Å². The maximum Gasteiger partial charge on any atom is 0.441 e. The molecule has 0 bridgehead atoms. The van der Waals surface area contributed by atoms with E-state index in [-0.39, 0.29) is 34.8 Å². The van der Waals surface area contributed by atoms with Crippen molar-refractivity contribution in [1.29, 1.82) is 0 Å². The number of halogens is 4. The van der Waals surface area contributed by atoms with Gasteiger partial charge in [0.1, 0.15) is 0 Å². The van der Waals surface area contributed by atoms with Crippen LogP contribution in [0.3, 0.4) is 0 Å². The van der Waals surface area contributed by atoms with Crippen molar-refractivity contribution in [3.63, 3.8) is 0 Å². The van der Waals surface area contributed by atoms with Crippen molar-refractivity contribution >= 4 is 33.6 Å². The number of nitrogens with one attached hydrogen (secondary N) is 1. The van der Waals surface area contributed by atoms with E-state index in [1.807, 2.05) is 6.92 Å². The highest BCUT2D eigenvalue weighted by Crippen LogP contribution is 2.29. The number of carbonyl (C=O) groups excluding carboxylic acids is 1. The molecule has 0 fully saturated rings. The third-order valence-electron chi connectivity index (χ3n) is 1.31. The first-order valence-electron chi connectivity index (χ1n) is 3.99. The summed E-state index contributed by atoms with van der Waals surface area (Å²) in [6.07, 6.45) is 0.609. The van der Waals surface area contributed by atoms with Gasteiger partial charge in [0.15, 0.2) is 0 Å². The van der Waals surface area contributed by atoms with Crippen molar-refractivity contribution in [3.8, 4) is 0 Å². The van der Waals surface area contributed by atoms with Crippen molar-refractivity contribution < 1.29 is 18.0 Å². The Morgan fingerprint density at radius 3 is 2.57 bits per heavy atom. The molecule has 1 atom stereocenters. The molecule has 0 aromatic rings. The zero-order valence-electron chi connectivity index (χ0n) is 7.53. The molecule has 1 amide bonds. The average Bonchev–Trinajstić information content (AvgIpc) is 2.09. The first-order valence-corrected chi connectivity index (χ1v) is 5.89. The van der Waals surface area contributed by atoms with E-state index >= 15 is 0 Å². The summed E-state index contributed by atoms with van der Waals surface area (Å²) < 4.78 is 34.9. The molecule has 2 nitrogen and oxygen atoms in total. The van der Waals surface area contributed by atoms with Crippen molar-refractivity contribution in [2.45, 2.75) is 23.7 Å². The Morgan fingerprint density at radius 1 is 1.57 bits per heavy atom. The smallest absolute Gasteiger partial charge is 0.354 e. The van der Waals surface area contributed by atoms with Crippen molar-refractivity contribution in [1.82, 2.24) is 5.32 Å². The minimum Gasteiger partial charge on any atom is -0.354 e. The lowest BCUT2D eigenvalue weighted by atomic mass is 10.3. The van der Waals surface area contributed by atoms with E-state index in [2.05, 4.69) is 21.2 Å². The maximum absolute atomic E-state index is 11.6. The van der Waals surface area contributed by atoms with Gasteiger partial charge >= 0.3 is 5.51 Å². The molecular formula is C7H11BrF3NOS. The number of hydrogen-bond acceptors (Lipinski definition) is 2. The van der Waals surface area contributed by atoms with Crippen LogP contribution in [0, 0.1) is 0 Å². The molecule has 0 spiro atoms. The van der Waals surface area contributed by atoms with Crippen LogP contribution in [0.5, 0.6) is 0 Å². The molecule has 0 rings (SSSR count). The Kier molecular flexibility index (Phi) is 6.59. The summed E-state index contributed by atoms with van der Waals surface area (Å²) in [5, 5.41) is 2.40. The number of amides is 1. The zero-order chi connectivity index (χ0) is 11.2. The molecule has 0 saturated heterocycles. The van der Waals surface area contributed by atoms with E-state index in [4.69, 9.17) is 0 Å². The van der Waals surface area contributed by atoms with Gasteiger partial charge in [0.05, 0.1) is 4.83 Å². The van der Waals surface area contributed by atoms with Crippen LogP contribution in [0.2, 0.25) is 0 Å². The lowest BCUT2D eigenvalue weighted by molar-refractivity contribution is -0.120. The van der Waals surface area contributed by atoms with Crippen molar-refractivity contribution in [2.24, 2.45) is 0 Å². The summed E-state index contributed by atoms with van der Waals surface area (Å²) in [7, 11) is 0. The third kappa shape index (κ3) is 7.49. The molecule has 0 aliphatic heterocycles. The van der Waals surface area contributed by atoms with Crippen LogP contribution in [0.25, 0.3) is 0 Å². The van der Waals surface area contributed by atoms with Crippen LogP contribution in [0.1, 0.15) is 13.3 Å². The normalized spacial score (nSPS) is 13.8. The van der Waals surface area contributed by atoms with E-state index in [0.29, 0.717) is 6.42 Å². The van der Waals surface area contributed by atoms with E-state index in [0.717, 1.165) is 0 Å². The summed E-state index contributed by atoms with van der Waals surface area (Å²) >= 11 is 2.96. The Labute approximate surface area is 93.1 Å². The van der Waals surface area contributed by atoms with Crippen LogP contribution >= 0.6 is 27.7 Å². The Balaban J connectivity index is 3.51. The summed E-state index contributed by atoms with van der Waals surface area (Å²) in [5.41, 5.74) is -4.22. The molecule has 0 aliphatic carbocycles. The van der Waals surface area contributed by atoms with Gasteiger partial charge < -0.3 is 5.32 Å². The number of thioether (sulfide) groups is 1. The molecule has 0 aliphatic rings. The highest BCUT2D eigenvalue weighted by molar-refractivity contribution is 9.10. The minimum absolute atomic E-state index is 0.0328. The lowest BCUT2D eigenvalue weighted by Gasteiger charge is -2.09. The summed E-state index contributed by atoms with van der Waals surface area (Å²) in [5.74, 6) is -0.422. The van der Waals surface area contributed by atoms with Gasteiger partial charge in [0.2, 0.25) is 5.91 Å². The van der Waals surface area contributed by atoms with Crippen LogP contribution in [0.4, 0.5) is 13.2 Å². The van der Waals surface area contributed by atoms with E-state index < -0.39 is 5.51 Å². The van der Waals surface area contributed by atoms with E-state index in [9.17, 15) is 18.0 Å². The zero-order valence-corrected chi connectivity index (χ0v) is 9.93. The van der Waals surface area contributed by atoms with E-state index in [1.54, 1.807) is 0 Å². The first-order chi connectivity index (χ1) is 6.37. The van der Waals surface area contributed by atoms with Gasteiger partial charge in [-0.15, -0.1) is 0 Å². The Hall–Kier alpha value is 0.0900. The quantitative estimate of drug-likeness (QED) is 0.623. The maximum atomic E-state index is 11.6. The van der Waals surface area contributed by atoms with Gasteiger partial charge in [0, 0.05) is 12.3 Å². The predicted molar refractivity (Wildman–Crippen MR) is 54.5 cm³/mol. The second-order valence-corrected chi connectivity index (χ2v) is 4.73. The van der Waals surface area contributed by atoms with Gasteiger partial charge in [0.25, 0.3) is 0 Å². The second-order valence-electron chi connectivity index (χ2n) is 2.46. The summed E-state index contributed by atoms with van der Waals surface area (Å²) in [6, 6.07) is 0. The fourth-order valence-corrected chi connectivity index (χ4v) is 1.23. The summed E-state index contributed by atoms with van der Waals surface area (Å²) in [4.78, 5) is 10.7. The van der Waals surface area contributed by atoms with Crippen molar-refractivity contribution in [2.75, 3.05) is 12.3 Å². The number of carbonyl (C=O) groups is 1. The molecule has 7 heteroatoms. The van der Waals surface area contributed by atoms with Crippen molar-refractivity contribution in [3.05, 3.63) is 0 Å². The number of alkyl halides is 4. The van der Waals surface area contributed by atoms with E-state index in [1.165, 1.54) is 0 Å². The Bertz CT molecular complexity index is 188. The second kappa shape index (κ2) is 6.55. The molecule has 1 unspecified atom stereocenters. The standard InChI is InChI=1S/C7H11BrF3NOS/c1-2-5(8)6(13)12-3-4-14-7(9,10)11/h5H,2-4H2,1H3,(H,12,13). The number of rotatable bonds is 5. The number of hydrogen-bond donors (Lipinski definition) is 1. The van der Waals surface area contributed by atoms with Crippen LogP contribution in [0.15, 0.2) is 0 Å². The molecule has 0 heterocycles. The lowest BCUT2D eigenvalue weighted by Crippen LogP contribution is -2.32. The first kappa shape index (κ1) is 14.1. The average molecular weight is 294 g/mol. The molecule has 0 saturated carbocycles. The van der Waals surface area contributed by atoms with Gasteiger partial charge in [-0.2, -0.15) is 13.2 Å². The third-order valence-corrected chi connectivity index (χ3v) is 3.11. The van der Waals surface area contributed by atoms with Gasteiger partial charge in [-0.1, -0.05) is 22.9 Å². The Morgan fingerprint density at radius 2 is 2.14 bits per heavy atom. The molecule has 0 radical (unpaired) electrons. The fraction of sp³-hybridized carbons (Fsp3) is 0.857. The SMILES string of the molecule is CCC(Br)C(=O)NCCSC(F)(F)F. The molecule has 0 aromatic heterocycles. The van der Waals surface area contributed by atoms with Crippen LogP contribution in [-0.4, -0.2) is 28.5 Å². The largest absolute Gasteiger partial charge is 0.441 e. The van der Waals surface area contributed by atoms with Gasteiger partial charge in [-0.05, 0) is 18.2 Å². The molecule has 1 N–H and O–H groups in total. The van der Waals surface area contributed by atoms with Gasteiger partial charge in [-0.3, -0.25) is 4.79 Å². The molecule has 84 valence electrons. The van der Waals surface area contributed by atoms with Crippen LogP contribution < -0.4 is 5.32 Å². The molecule has 0 aromatic carbocycles. The highest BCUT2D eigenvalue weighted by atomic mass is 79.9. The minimum atomic E-state index is -4.22. The molecule has 14 heavy (non-hydrogen) atoms. The predicted octanol–water partition coefficient (Wildman–Crippen LogP) is 2.53. The topological polar surface area (TPSA) is 29.1 Å². The molecular weight excluding hydrogens is 283 g/mol. The monoisotopic (exact) mass is 293 g/mol. The summed E-state index contributed by atoms with van der Waals surface area (Å²) in [6.45, 7) is 1.84.